The second-order valence-corrected chi connectivity index (χ2v) is 9.59. The van der Waals surface area contributed by atoms with Gasteiger partial charge >= 0.3 is 0 Å². The summed E-state index contributed by atoms with van der Waals surface area (Å²) in [5.74, 6) is 0.623. The van der Waals surface area contributed by atoms with Gasteiger partial charge < -0.3 is 9.64 Å². The fourth-order valence-corrected chi connectivity index (χ4v) is 6.29. The Morgan fingerprint density at radius 3 is 2.12 bits per heavy atom. The van der Waals surface area contributed by atoms with Gasteiger partial charge in [0.1, 0.15) is 11.5 Å². The number of ether oxygens (including phenoxy) is 1. The van der Waals surface area contributed by atoms with Crippen molar-refractivity contribution in [2.75, 3.05) is 20.2 Å². The Labute approximate surface area is 201 Å². The van der Waals surface area contributed by atoms with Gasteiger partial charge in [-0.15, -0.1) is 0 Å². The number of benzene rings is 3. The molecule has 1 aliphatic carbocycles. The van der Waals surface area contributed by atoms with Crippen molar-refractivity contribution >= 4 is 11.7 Å². The van der Waals surface area contributed by atoms with Crippen LogP contribution in [0.5, 0.6) is 5.75 Å². The number of hydrogen-bond donors (Lipinski definition) is 0. The monoisotopic (exact) mass is 453 g/mol. The second kappa shape index (κ2) is 9.09. The average molecular weight is 454 g/mol. The van der Waals surface area contributed by atoms with Gasteiger partial charge in [-0.05, 0) is 30.5 Å². The number of Topliss-reactive ketones (excluding diaryl/α,β-unsaturated/α-hetero) is 1. The zero-order chi connectivity index (χ0) is 23.7. The number of carbonyl (C=O) groups excluding carboxylic acids is 2. The maximum absolute atomic E-state index is 13.7. The standard InChI is InChI=1S/C30H31NO3/c1-21(24-15-9-10-16-28(24)34-2)29(33)31-19-25-26(20-31)30(18-17-27(25)32,22-11-5-3-6-12-22)23-13-7-4-8-14-23/h3-16,21,25-26H,17-20H2,1-2H3/t21-,25-,26+/m0/s1. The number of carbonyl (C=O) groups is 2. The number of likely N-dealkylation sites (tertiary alicyclic amines) is 1. The molecule has 0 aromatic heterocycles. The SMILES string of the molecule is COc1ccccc1[C@H](C)C(=O)N1C[C@@H]2C(=O)CCC(c3ccccc3)(c3ccccc3)[C@@H]2C1. The van der Waals surface area contributed by atoms with Crippen LogP contribution in [0.25, 0.3) is 0 Å². The van der Waals surface area contributed by atoms with Gasteiger partial charge in [-0.2, -0.15) is 0 Å². The van der Waals surface area contributed by atoms with Gasteiger partial charge in [0.25, 0.3) is 0 Å². The number of fused-ring (bicyclic) bond motifs is 1. The largest absolute Gasteiger partial charge is 0.496 e. The lowest BCUT2D eigenvalue weighted by Gasteiger charge is -2.45. The van der Waals surface area contributed by atoms with Gasteiger partial charge in [-0.1, -0.05) is 78.9 Å². The van der Waals surface area contributed by atoms with Crippen molar-refractivity contribution in [3.8, 4) is 5.75 Å². The van der Waals surface area contributed by atoms with E-state index in [9.17, 15) is 9.59 Å². The molecule has 0 spiro atoms. The summed E-state index contributed by atoms with van der Waals surface area (Å²) in [7, 11) is 1.63. The Hall–Kier alpha value is -3.40. The van der Waals surface area contributed by atoms with E-state index in [-0.39, 0.29) is 34.9 Å². The summed E-state index contributed by atoms with van der Waals surface area (Å²) < 4.78 is 5.51. The van der Waals surface area contributed by atoms with Crippen LogP contribution in [0.2, 0.25) is 0 Å². The Morgan fingerprint density at radius 2 is 1.50 bits per heavy atom. The molecule has 4 nitrogen and oxygen atoms in total. The van der Waals surface area contributed by atoms with E-state index in [0.29, 0.717) is 19.5 Å². The highest BCUT2D eigenvalue weighted by atomic mass is 16.5. The predicted octanol–water partition coefficient (Wildman–Crippen LogP) is 5.22. The molecule has 174 valence electrons. The molecule has 1 saturated carbocycles. The highest BCUT2D eigenvalue weighted by molar-refractivity contribution is 5.88. The Kier molecular flexibility index (Phi) is 5.99. The van der Waals surface area contributed by atoms with Crippen LogP contribution in [0.4, 0.5) is 0 Å². The number of methoxy groups -OCH3 is 1. The summed E-state index contributed by atoms with van der Waals surface area (Å²) >= 11 is 0. The van der Waals surface area contributed by atoms with E-state index < -0.39 is 0 Å². The number of para-hydroxylation sites is 1. The highest BCUT2D eigenvalue weighted by Gasteiger charge is 2.55. The van der Waals surface area contributed by atoms with Crippen LogP contribution in [-0.4, -0.2) is 36.8 Å². The van der Waals surface area contributed by atoms with Crippen molar-refractivity contribution in [1.82, 2.24) is 4.90 Å². The van der Waals surface area contributed by atoms with Crippen LogP contribution >= 0.6 is 0 Å². The number of rotatable bonds is 5. The topological polar surface area (TPSA) is 46.6 Å². The van der Waals surface area contributed by atoms with Crippen LogP contribution in [0, 0.1) is 11.8 Å². The lowest BCUT2D eigenvalue weighted by Crippen LogP contribution is -2.47. The van der Waals surface area contributed by atoms with Crippen LogP contribution in [-0.2, 0) is 15.0 Å². The first-order valence-corrected chi connectivity index (χ1v) is 12.1. The van der Waals surface area contributed by atoms with Crippen molar-refractivity contribution in [3.05, 3.63) is 102 Å². The van der Waals surface area contributed by atoms with Crippen molar-refractivity contribution in [2.45, 2.75) is 31.1 Å². The van der Waals surface area contributed by atoms with Crippen molar-refractivity contribution in [3.63, 3.8) is 0 Å². The Bertz CT molecular complexity index is 1130. The van der Waals surface area contributed by atoms with Gasteiger partial charge in [-0.25, -0.2) is 0 Å². The molecule has 3 aromatic rings. The lowest BCUT2D eigenvalue weighted by molar-refractivity contribution is -0.131. The third-order valence-electron chi connectivity index (χ3n) is 8.00. The normalized spacial score (nSPS) is 22.2. The molecule has 0 radical (unpaired) electrons. The minimum atomic E-state index is -0.339. The third-order valence-corrected chi connectivity index (χ3v) is 8.00. The molecule has 34 heavy (non-hydrogen) atoms. The maximum atomic E-state index is 13.7. The van der Waals surface area contributed by atoms with E-state index >= 15 is 0 Å². The minimum absolute atomic E-state index is 0.0485. The molecule has 1 saturated heterocycles. The van der Waals surface area contributed by atoms with E-state index in [1.165, 1.54) is 11.1 Å². The molecule has 0 N–H and O–H groups in total. The molecule has 3 aromatic carbocycles. The van der Waals surface area contributed by atoms with Gasteiger partial charge in [0, 0.05) is 42.3 Å². The molecule has 1 amide bonds. The molecule has 1 heterocycles. The zero-order valence-electron chi connectivity index (χ0n) is 19.8. The first-order chi connectivity index (χ1) is 16.6. The number of ketones is 1. The smallest absolute Gasteiger partial charge is 0.230 e. The quantitative estimate of drug-likeness (QED) is 0.532. The van der Waals surface area contributed by atoms with Crippen molar-refractivity contribution in [2.24, 2.45) is 11.8 Å². The van der Waals surface area contributed by atoms with E-state index in [0.717, 1.165) is 17.7 Å². The molecule has 3 atom stereocenters. The molecule has 2 aliphatic rings. The maximum Gasteiger partial charge on any atom is 0.230 e. The molecular formula is C30H31NO3. The predicted molar refractivity (Wildman–Crippen MR) is 133 cm³/mol. The van der Waals surface area contributed by atoms with Crippen LogP contribution in [0.3, 0.4) is 0 Å². The summed E-state index contributed by atoms with van der Waals surface area (Å²) in [6, 6.07) is 28.8. The van der Waals surface area contributed by atoms with Gasteiger partial charge in [0.15, 0.2) is 0 Å². The number of amides is 1. The Morgan fingerprint density at radius 1 is 0.912 bits per heavy atom. The first kappa shape index (κ1) is 22.4. The molecule has 4 heteroatoms. The molecule has 2 fully saturated rings. The van der Waals surface area contributed by atoms with Gasteiger partial charge in [0.2, 0.25) is 5.91 Å². The summed E-state index contributed by atoms with van der Waals surface area (Å²) in [5, 5.41) is 0. The van der Waals surface area contributed by atoms with E-state index in [1.807, 2.05) is 48.2 Å². The molecule has 0 bridgehead atoms. The van der Waals surface area contributed by atoms with E-state index in [2.05, 4.69) is 48.5 Å². The van der Waals surface area contributed by atoms with Crippen LogP contribution < -0.4 is 4.74 Å². The Balaban J connectivity index is 1.53. The van der Waals surface area contributed by atoms with E-state index in [1.54, 1.807) is 7.11 Å². The van der Waals surface area contributed by atoms with Crippen molar-refractivity contribution < 1.29 is 14.3 Å². The molecule has 5 rings (SSSR count). The van der Waals surface area contributed by atoms with Gasteiger partial charge in [0.05, 0.1) is 13.0 Å². The molecule has 1 aliphatic heterocycles. The number of nitrogens with zero attached hydrogens (tertiary/aromatic N) is 1. The zero-order valence-corrected chi connectivity index (χ0v) is 19.8. The van der Waals surface area contributed by atoms with Crippen molar-refractivity contribution in [1.29, 1.82) is 0 Å². The van der Waals surface area contributed by atoms with Gasteiger partial charge in [-0.3, -0.25) is 9.59 Å². The molecular weight excluding hydrogens is 422 g/mol. The van der Waals surface area contributed by atoms with E-state index in [4.69, 9.17) is 4.74 Å². The second-order valence-electron chi connectivity index (χ2n) is 9.59. The summed E-state index contributed by atoms with van der Waals surface area (Å²) in [4.78, 5) is 28.8. The highest BCUT2D eigenvalue weighted by Crippen LogP contribution is 2.52. The number of hydrogen-bond acceptors (Lipinski definition) is 3. The summed E-state index contributed by atoms with van der Waals surface area (Å²) in [5.41, 5.74) is 3.06. The third kappa shape index (κ3) is 3.62. The molecule has 0 unspecified atom stereocenters. The lowest BCUT2D eigenvalue weighted by atomic mass is 9.56. The van der Waals surface area contributed by atoms with Crippen LogP contribution in [0.1, 0.15) is 42.4 Å². The fraction of sp³-hybridized carbons (Fsp3) is 0.333. The summed E-state index contributed by atoms with van der Waals surface area (Å²) in [6.45, 7) is 3.01. The summed E-state index contributed by atoms with van der Waals surface area (Å²) in [6.07, 6.45) is 1.31. The fourth-order valence-electron chi connectivity index (χ4n) is 6.29. The minimum Gasteiger partial charge on any atom is -0.496 e. The van der Waals surface area contributed by atoms with Crippen LogP contribution in [0.15, 0.2) is 84.9 Å². The average Bonchev–Trinajstić information content (AvgIpc) is 3.36. The first-order valence-electron chi connectivity index (χ1n) is 12.1.